The molecule has 18 heavy (non-hydrogen) atoms. The van der Waals surface area contributed by atoms with Crippen molar-refractivity contribution >= 4 is 27.3 Å². The van der Waals surface area contributed by atoms with Gasteiger partial charge in [0, 0.05) is 19.1 Å². The predicted molar refractivity (Wildman–Crippen MR) is 69.9 cm³/mol. The van der Waals surface area contributed by atoms with E-state index in [9.17, 15) is 13.2 Å². The largest absolute Gasteiger partial charge is 0.338 e. The molecule has 2 heterocycles. The number of carbonyl (C=O) groups excluding carboxylic acids is 1. The number of thiophene rings is 1. The van der Waals surface area contributed by atoms with Gasteiger partial charge in [-0.3, -0.25) is 4.79 Å². The van der Waals surface area contributed by atoms with Gasteiger partial charge < -0.3 is 4.90 Å². The highest BCUT2D eigenvalue weighted by atomic mass is 32.2. The zero-order valence-corrected chi connectivity index (χ0v) is 12.0. The van der Waals surface area contributed by atoms with Crippen LogP contribution >= 0.6 is 11.3 Å². The highest BCUT2D eigenvalue weighted by molar-refractivity contribution is 7.91. The maximum atomic E-state index is 12.2. The number of carbonyl (C=O) groups is 1. The van der Waals surface area contributed by atoms with Crippen molar-refractivity contribution < 1.29 is 13.2 Å². The van der Waals surface area contributed by atoms with Crippen LogP contribution in [0.1, 0.15) is 13.8 Å². The van der Waals surface area contributed by atoms with Gasteiger partial charge in [-0.05, 0) is 25.3 Å². The molecule has 2 rings (SSSR count). The highest BCUT2D eigenvalue weighted by Crippen LogP contribution is 2.22. The monoisotopic (exact) mass is 288 g/mol. The number of amides is 1. The molecule has 0 saturated carbocycles. The van der Waals surface area contributed by atoms with Crippen molar-refractivity contribution in [3.63, 3.8) is 0 Å². The van der Waals surface area contributed by atoms with Crippen LogP contribution in [0.15, 0.2) is 21.7 Å². The van der Waals surface area contributed by atoms with Gasteiger partial charge in [0.1, 0.15) is 4.21 Å². The molecule has 0 unspecified atom stereocenters. The number of hydrogen-bond donors (Lipinski definition) is 0. The lowest BCUT2D eigenvalue weighted by Crippen LogP contribution is -2.54. The summed E-state index contributed by atoms with van der Waals surface area (Å²) < 4.78 is 26.0. The minimum absolute atomic E-state index is 0.0571. The third kappa shape index (κ3) is 2.43. The van der Waals surface area contributed by atoms with Crippen molar-refractivity contribution in [2.75, 3.05) is 19.6 Å². The summed E-state index contributed by atoms with van der Waals surface area (Å²) in [7, 11) is -3.50. The Labute approximate surface area is 111 Å². The molecule has 100 valence electrons. The molecule has 0 bridgehead atoms. The van der Waals surface area contributed by atoms with E-state index in [1.165, 1.54) is 15.6 Å². The van der Waals surface area contributed by atoms with Crippen LogP contribution in [0.5, 0.6) is 0 Å². The Balaban J connectivity index is 2.16. The molecule has 1 aliphatic heterocycles. The first kappa shape index (κ1) is 13.5. The lowest BCUT2D eigenvalue weighted by molar-refractivity contribution is -0.135. The Morgan fingerprint density at radius 1 is 1.33 bits per heavy atom. The van der Waals surface area contributed by atoms with Crippen molar-refractivity contribution in [2.45, 2.75) is 24.1 Å². The van der Waals surface area contributed by atoms with Gasteiger partial charge in [-0.2, -0.15) is 4.31 Å². The van der Waals surface area contributed by atoms with E-state index in [1.807, 2.05) is 13.8 Å². The lowest BCUT2D eigenvalue weighted by Gasteiger charge is -2.35. The second-order valence-electron chi connectivity index (χ2n) is 4.45. The molecule has 1 aromatic heterocycles. The Kier molecular flexibility index (Phi) is 3.74. The van der Waals surface area contributed by atoms with Crippen molar-refractivity contribution in [2.24, 2.45) is 0 Å². The van der Waals surface area contributed by atoms with E-state index in [2.05, 4.69) is 0 Å². The molecule has 1 saturated heterocycles. The van der Waals surface area contributed by atoms with Gasteiger partial charge in [-0.1, -0.05) is 6.07 Å². The number of sulfonamides is 1. The number of hydrogen-bond acceptors (Lipinski definition) is 4. The molecular formula is C11H16N2O3S2. The summed E-state index contributed by atoms with van der Waals surface area (Å²) in [5.41, 5.74) is 0. The standard InChI is InChI=1S/C11H16N2O3S2/c1-9(2)13-6-5-12(8-10(13)14)18(15,16)11-4-3-7-17-11/h3-4,7,9H,5-6,8H2,1-2H3. The van der Waals surface area contributed by atoms with Crippen LogP contribution in [-0.2, 0) is 14.8 Å². The summed E-state index contributed by atoms with van der Waals surface area (Å²) in [6.45, 7) is 4.63. The van der Waals surface area contributed by atoms with Gasteiger partial charge in [0.15, 0.2) is 0 Å². The molecule has 1 amide bonds. The maximum absolute atomic E-state index is 12.2. The van der Waals surface area contributed by atoms with Crippen molar-refractivity contribution in [1.29, 1.82) is 0 Å². The zero-order valence-electron chi connectivity index (χ0n) is 10.4. The molecule has 7 heteroatoms. The summed E-state index contributed by atoms with van der Waals surface area (Å²) >= 11 is 1.18. The van der Waals surface area contributed by atoms with Crippen LogP contribution in [0.2, 0.25) is 0 Å². The van der Waals surface area contributed by atoms with Crippen LogP contribution in [0.3, 0.4) is 0 Å². The average molecular weight is 288 g/mol. The minimum atomic E-state index is -3.50. The molecule has 0 radical (unpaired) electrons. The Morgan fingerprint density at radius 3 is 2.56 bits per heavy atom. The van der Waals surface area contributed by atoms with Crippen molar-refractivity contribution in [1.82, 2.24) is 9.21 Å². The summed E-state index contributed by atoms with van der Waals surface area (Å²) in [6, 6.07) is 3.38. The quantitative estimate of drug-likeness (QED) is 0.833. The van der Waals surface area contributed by atoms with Crippen molar-refractivity contribution in [3.8, 4) is 0 Å². The topological polar surface area (TPSA) is 57.7 Å². The predicted octanol–water partition coefficient (Wildman–Crippen LogP) is 0.989. The first-order valence-corrected chi connectivity index (χ1v) is 8.08. The summed E-state index contributed by atoms with van der Waals surface area (Å²) in [5.74, 6) is -0.128. The van der Waals surface area contributed by atoms with Crippen LogP contribution in [0.4, 0.5) is 0 Å². The molecule has 0 N–H and O–H groups in total. The SMILES string of the molecule is CC(C)N1CCN(S(=O)(=O)c2cccs2)CC1=O. The molecule has 5 nitrogen and oxygen atoms in total. The number of piperazine rings is 1. The first-order valence-electron chi connectivity index (χ1n) is 5.76. The lowest BCUT2D eigenvalue weighted by atomic mass is 10.2. The van der Waals surface area contributed by atoms with E-state index in [-0.39, 0.29) is 18.5 Å². The van der Waals surface area contributed by atoms with Gasteiger partial charge in [0.2, 0.25) is 5.91 Å². The highest BCUT2D eigenvalue weighted by Gasteiger charge is 2.33. The van der Waals surface area contributed by atoms with E-state index in [0.29, 0.717) is 17.3 Å². The smallest absolute Gasteiger partial charge is 0.253 e. The molecular weight excluding hydrogens is 272 g/mol. The summed E-state index contributed by atoms with van der Waals surface area (Å²) in [5, 5.41) is 1.72. The van der Waals surface area contributed by atoms with E-state index < -0.39 is 10.0 Å². The van der Waals surface area contributed by atoms with Crippen LogP contribution < -0.4 is 0 Å². The first-order chi connectivity index (χ1) is 8.43. The molecule has 1 fully saturated rings. The van der Waals surface area contributed by atoms with Crippen LogP contribution in [0.25, 0.3) is 0 Å². The van der Waals surface area contributed by atoms with Gasteiger partial charge in [-0.15, -0.1) is 11.3 Å². The van der Waals surface area contributed by atoms with E-state index in [4.69, 9.17) is 0 Å². The number of nitrogens with zero attached hydrogens (tertiary/aromatic N) is 2. The van der Waals surface area contributed by atoms with Crippen LogP contribution in [-0.4, -0.2) is 49.2 Å². The van der Waals surface area contributed by atoms with Gasteiger partial charge in [0.25, 0.3) is 10.0 Å². The molecule has 0 aliphatic carbocycles. The van der Waals surface area contributed by atoms with Gasteiger partial charge >= 0.3 is 0 Å². The Bertz CT molecular complexity index is 522. The second-order valence-corrected chi connectivity index (χ2v) is 7.56. The zero-order chi connectivity index (χ0) is 13.3. The summed E-state index contributed by atoms with van der Waals surface area (Å²) in [6.07, 6.45) is 0. The fourth-order valence-corrected chi connectivity index (χ4v) is 4.48. The third-order valence-electron chi connectivity index (χ3n) is 2.93. The van der Waals surface area contributed by atoms with Gasteiger partial charge in [0.05, 0.1) is 6.54 Å². The average Bonchev–Trinajstić information content (AvgIpc) is 2.82. The molecule has 1 aromatic rings. The van der Waals surface area contributed by atoms with Gasteiger partial charge in [-0.25, -0.2) is 8.42 Å². The minimum Gasteiger partial charge on any atom is -0.338 e. The van der Waals surface area contributed by atoms with E-state index in [1.54, 1.807) is 22.4 Å². The second kappa shape index (κ2) is 4.99. The Morgan fingerprint density at radius 2 is 2.06 bits per heavy atom. The van der Waals surface area contributed by atoms with E-state index >= 15 is 0 Å². The fraction of sp³-hybridized carbons (Fsp3) is 0.545. The molecule has 1 aliphatic rings. The van der Waals surface area contributed by atoms with Crippen LogP contribution in [0, 0.1) is 0 Å². The maximum Gasteiger partial charge on any atom is 0.253 e. The fourth-order valence-electron chi connectivity index (χ4n) is 1.95. The summed E-state index contributed by atoms with van der Waals surface area (Å²) in [4.78, 5) is 13.6. The number of rotatable bonds is 3. The van der Waals surface area contributed by atoms with E-state index in [0.717, 1.165) is 0 Å². The molecule has 0 aromatic carbocycles. The molecule has 0 atom stereocenters. The molecule has 0 spiro atoms. The van der Waals surface area contributed by atoms with Crippen molar-refractivity contribution in [3.05, 3.63) is 17.5 Å². The Hall–Kier alpha value is -0.920. The third-order valence-corrected chi connectivity index (χ3v) is 6.15. The normalized spacial score (nSPS) is 18.6.